The normalized spacial score (nSPS) is 28.3. The summed E-state index contributed by atoms with van der Waals surface area (Å²) in [7, 11) is 3.30. The molecule has 4 rings (SSSR count). The van der Waals surface area contributed by atoms with Gasteiger partial charge in [0, 0.05) is 0 Å². The Labute approximate surface area is 203 Å². The number of methoxy groups -OCH3 is 2. The third-order valence-corrected chi connectivity index (χ3v) is 6.47. The van der Waals surface area contributed by atoms with Gasteiger partial charge in [0.1, 0.15) is 40.9 Å². The van der Waals surface area contributed by atoms with Crippen molar-refractivity contribution in [2.75, 3.05) is 20.8 Å². The topological polar surface area (TPSA) is 64.6 Å². The van der Waals surface area contributed by atoms with Gasteiger partial charge in [-0.25, -0.2) is 0 Å². The predicted octanol–water partition coefficient (Wildman–Crippen LogP) is 4.45. The predicted molar refractivity (Wildman–Crippen MR) is 126 cm³/mol. The first kappa shape index (κ1) is 24.4. The zero-order chi connectivity index (χ0) is 23.4. The molecule has 180 valence electrons. The molecule has 2 aromatic carbocycles. The molecular weight excluding hydrogens is 492 g/mol. The standard InChI is InChI=1S/C25H31BrO7/c1-25(2)32-21-20(15-29-13-16-5-9-18(27-3)10-6-16)31-24(26)23(22(21)33-25)30-14-17-7-11-19(28-4)12-8-17/h5-12,20-24H,13-15H2,1-4H3/t20-,21+,22+,23-,24-/m1/s1. The zero-order valence-corrected chi connectivity index (χ0v) is 20.9. The Morgan fingerprint density at radius 1 is 0.818 bits per heavy atom. The fourth-order valence-corrected chi connectivity index (χ4v) is 4.79. The Hall–Kier alpha value is -1.68. The maximum Gasteiger partial charge on any atom is 0.164 e. The first-order chi connectivity index (χ1) is 15.9. The Morgan fingerprint density at radius 2 is 1.36 bits per heavy atom. The molecule has 7 nitrogen and oxygen atoms in total. The van der Waals surface area contributed by atoms with E-state index in [4.69, 9.17) is 33.2 Å². The van der Waals surface area contributed by atoms with Gasteiger partial charge >= 0.3 is 0 Å². The van der Waals surface area contributed by atoms with Crippen molar-refractivity contribution < 1.29 is 33.2 Å². The van der Waals surface area contributed by atoms with Crippen molar-refractivity contribution in [3.05, 3.63) is 59.7 Å². The van der Waals surface area contributed by atoms with Crippen LogP contribution in [-0.4, -0.2) is 56.0 Å². The fourth-order valence-electron chi connectivity index (χ4n) is 4.06. The van der Waals surface area contributed by atoms with Gasteiger partial charge in [0.15, 0.2) is 5.79 Å². The lowest BCUT2D eigenvalue weighted by Crippen LogP contribution is -2.56. The van der Waals surface area contributed by atoms with Crippen molar-refractivity contribution in [2.45, 2.75) is 62.3 Å². The molecule has 33 heavy (non-hydrogen) atoms. The quantitative estimate of drug-likeness (QED) is 0.451. The van der Waals surface area contributed by atoms with Gasteiger partial charge in [0.2, 0.25) is 0 Å². The summed E-state index contributed by atoms with van der Waals surface area (Å²) in [5.41, 5.74) is 2.10. The second kappa shape index (κ2) is 10.7. The molecule has 2 saturated heterocycles. The van der Waals surface area contributed by atoms with E-state index in [1.807, 2.05) is 62.4 Å². The summed E-state index contributed by atoms with van der Waals surface area (Å²) in [5.74, 6) is 0.898. The second-order valence-electron chi connectivity index (χ2n) is 8.58. The Bertz CT molecular complexity index is 887. The molecule has 0 aliphatic carbocycles. The van der Waals surface area contributed by atoms with Crippen LogP contribution in [0.25, 0.3) is 0 Å². The number of alkyl halides is 1. The van der Waals surface area contributed by atoms with Gasteiger partial charge in [-0.05, 0) is 49.2 Å². The molecule has 0 saturated carbocycles. The number of halogens is 1. The largest absolute Gasteiger partial charge is 0.497 e. The molecule has 2 aliphatic heterocycles. The summed E-state index contributed by atoms with van der Waals surface area (Å²) in [5, 5.41) is -0.357. The lowest BCUT2D eigenvalue weighted by atomic mass is 10.0. The maximum atomic E-state index is 6.24. The minimum absolute atomic E-state index is 0.286. The van der Waals surface area contributed by atoms with E-state index in [0.29, 0.717) is 19.8 Å². The van der Waals surface area contributed by atoms with Crippen LogP contribution in [0.5, 0.6) is 11.5 Å². The van der Waals surface area contributed by atoms with Gasteiger partial charge < -0.3 is 33.2 Å². The Morgan fingerprint density at radius 3 is 1.94 bits per heavy atom. The average Bonchev–Trinajstić information content (AvgIpc) is 3.14. The van der Waals surface area contributed by atoms with E-state index in [0.717, 1.165) is 22.6 Å². The Kier molecular flexibility index (Phi) is 7.94. The lowest BCUT2D eigenvalue weighted by Gasteiger charge is -2.40. The van der Waals surface area contributed by atoms with E-state index in [2.05, 4.69) is 15.9 Å². The van der Waals surface area contributed by atoms with Gasteiger partial charge in [-0.3, -0.25) is 0 Å². The number of hydrogen-bond donors (Lipinski definition) is 0. The number of ether oxygens (including phenoxy) is 7. The van der Waals surface area contributed by atoms with Crippen molar-refractivity contribution in [1.29, 1.82) is 0 Å². The van der Waals surface area contributed by atoms with Crippen molar-refractivity contribution in [2.24, 2.45) is 0 Å². The van der Waals surface area contributed by atoms with Crippen molar-refractivity contribution in [3.63, 3.8) is 0 Å². The number of rotatable bonds is 9. The summed E-state index contributed by atoms with van der Waals surface area (Å²) in [4.78, 5) is 0. The van der Waals surface area contributed by atoms with E-state index in [1.165, 1.54) is 0 Å². The minimum Gasteiger partial charge on any atom is -0.497 e. The molecule has 2 aliphatic rings. The molecule has 0 unspecified atom stereocenters. The van der Waals surface area contributed by atoms with E-state index >= 15 is 0 Å². The molecule has 2 heterocycles. The summed E-state index contributed by atoms with van der Waals surface area (Å²) in [6.07, 6.45) is -1.21. The van der Waals surface area contributed by atoms with Gasteiger partial charge in [-0.1, -0.05) is 40.2 Å². The Balaban J connectivity index is 1.36. The highest BCUT2D eigenvalue weighted by Crippen LogP contribution is 2.40. The van der Waals surface area contributed by atoms with Crippen LogP contribution in [0.1, 0.15) is 25.0 Å². The summed E-state index contributed by atoms with van der Waals surface area (Å²) in [6.45, 7) is 5.08. The third-order valence-electron chi connectivity index (χ3n) is 5.73. The number of fused-ring (bicyclic) bond motifs is 1. The molecule has 0 N–H and O–H groups in total. The molecule has 2 aromatic rings. The molecule has 5 atom stereocenters. The molecule has 0 amide bonds. The molecule has 2 fully saturated rings. The summed E-state index contributed by atoms with van der Waals surface area (Å²) >= 11 is 3.65. The van der Waals surface area contributed by atoms with Crippen LogP contribution >= 0.6 is 15.9 Å². The summed E-state index contributed by atoms with van der Waals surface area (Å²) in [6, 6.07) is 15.6. The molecule has 0 radical (unpaired) electrons. The van der Waals surface area contributed by atoms with Crippen LogP contribution < -0.4 is 9.47 Å². The first-order valence-electron chi connectivity index (χ1n) is 11.0. The van der Waals surface area contributed by atoms with E-state index in [9.17, 15) is 0 Å². The molecular formula is C25H31BrO7. The van der Waals surface area contributed by atoms with Crippen LogP contribution in [0.3, 0.4) is 0 Å². The monoisotopic (exact) mass is 522 g/mol. The van der Waals surface area contributed by atoms with Gasteiger partial charge in [-0.2, -0.15) is 0 Å². The van der Waals surface area contributed by atoms with Gasteiger partial charge in [-0.15, -0.1) is 0 Å². The van der Waals surface area contributed by atoms with Gasteiger partial charge in [0.05, 0.1) is 34.0 Å². The molecule has 8 heteroatoms. The first-order valence-corrected chi connectivity index (χ1v) is 11.9. The highest BCUT2D eigenvalue weighted by molar-refractivity contribution is 9.09. The van der Waals surface area contributed by atoms with Crippen molar-refractivity contribution in [1.82, 2.24) is 0 Å². The smallest absolute Gasteiger partial charge is 0.164 e. The fraction of sp³-hybridized carbons (Fsp3) is 0.520. The molecule has 0 bridgehead atoms. The SMILES string of the molecule is COc1ccc(COC[C@H]2O[C@@H](Br)[C@H](OCc3ccc(OC)cc3)[C@H]3OC(C)(C)O[C@H]32)cc1. The van der Waals surface area contributed by atoms with Crippen LogP contribution in [0, 0.1) is 0 Å². The molecule has 0 aromatic heterocycles. The van der Waals surface area contributed by atoms with Crippen LogP contribution in [0.2, 0.25) is 0 Å². The summed E-state index contributed by atoms with van der Waals surface area (Å²) < 4.78 is 41.3. The van der Waals surface area contributed by atoms with E-state index < -0.39 is 5.79 Å². The highest BCUT2D eigenvalue weighted by atomic mass is 79.9. The zero-order valence-electron chi connectivity index (χ0n) is 19.4. The van der Waals surface area contributed by atoms with E-state index in [-0.39, 0.29) is 29.4 Å². The van der Waals surface area contributed by atoms with Crippen molar-refractivity contribution in [3.8, 4) is 11.5 Å². The van der Waals surface area contributed by atoms with Crippen molar-refractivity contribution >= 4 is 15.9 Å². The number of hydrogen-bond acceptors (Lipinski definition) is 7. The van der Waals surface area contributed by atoms with Crippen LogP contribution in [-0.2, 0) is 36.9 Å². The van der Waals surface area contributed by atoms with Crippen LogP contribution in [0.4, 0.5) is 0 Å². The number of benzene rings is 2. The van der Waals surface area contributed by atoms with E-state index in [1.54, 1.807) is 14.2 Å². The third kappa shape index (κ3) is 6.07. The lowest BCUT2D eigenvalue weighted by molar-refractivity contribution is -0.190. The minimum atomic E-state index is -0.730. The van der Waals surface area contributed by atoms with Crippen LogP contribution in [0.15, 0.2) is 48.5 Å². The molecule has 0 spiro atoms. The average molecular weight is 523 g/mol. The maximum absolute atomic E-state index is 6.24. The second-order valence-corrected chi connectivity index (χ2v) is 9.48. The highest BCUT2D eigenvalue weighted by Gasteiger charge is 2.55. The van der Waals surface area contributed by atoms with Gasteiger partial charge in [0.25, 0.3) is 0 Å².